The smallest absolute Gasteiger partial charge is 0.335 e. The van der Waals surface area contributed by atoms with Gasteiger partial charge in [-0.1, -0.05) is 0 Å². The molecule has 4 nitrogen and oxygen atoms in total. The average Bonchev–Trinajstić information content (AvgIpc) is 2.17. The number of hydrogen-bond donors (Lipinski definition) is 2. The lowest BCUT2D eigenvalue weighted by molar-refractivity contribution is 0.0697. The molecule has 0 aliphatic carbocycles. The molecule has 0 saturated heterocycles. The Bertz CT molecular complexity index is 384. The highest BCUT2D eigenvalue weighted by Crippen LogP contribution is 2.22. The Morgan fingerprint density at radius 3 is 3.08 bits per heavy atom. The normalized spacial score (nSPS) is 12.6. The van der Waals surface area contributed by atoms with Gasteiger partial charge < -0.3 is 9.94 Å². The number of fused-ring (bicyclic) bond motifs is 1. The van der Waals surface area contributed by atoms with E-state index in [1.807, 2.05) is 0 Å². The summed E-state index contributed by atoms with van der Waals surface area (Å²) in [5.41, 5.74) is 3.58. The molecule has 2 N–H and O–H groups in total. The van der Waals surface area contributed by atoms with E-state index in [1.54, 1.807) is 24.4 Å². The van der Waals surface area contributed by atoms with E-state index in [0.29, 0.717) is 5.75 Å². The van der Waals surface area contributed by atoms with Gasteiger partial charge in [-0.25, -0.2) is 10.3 Å². The molecule has 0 atom stereocenters. The Kier molecular flexibility index (Phi) is 1.66. The van der Waals surface area contributed by atoms with Gasteiger partial charge in [0.05, 0.1) is 5.56 Å². The number of carboxylic acids is 1. The molecule has 0 amide bonds. The fourth-order valence-corrected chi connectivity index (χ4v) is 1.13. The van der Waals surface area contributed by atoms with Crippen LogP contribution in [0.1, 0.15) is 15.9 Å². The maximum Gasteiger partial charge on any atom is 0.335 e. The Morgan fingerprint density at radius 1 is 1.46 bits per heavy atom. The van der Waals surface area contributed by atoms with Crippen molar-refractivity contribution < 1.29 is 14.7 Å². The average molecular weight is 177 g/mol. The summed E-state index contributed by atoms with van der Waals surface area (Å²) in [6.07, 6.45) is 3.36. The fraction of sp³-hybridized carbons (Fsp3) is 0. The monoisotopic (exact) mass is 177 g/mol. The van der Waals surface area contributed by atoms with Gasteiger partial charge in [0.2, 0.25) is 0 Å². The van der Waals surface area contributed by atoms with Gasteiger partial charge in [0, 0.05) is 11.8 Å². The van der Waals surface area contributed by atoms with E-state index >= 15 is 0 Å². The highest BCUT2D eigenvalue weighted by atomic mass is 16.6. The third kappa shape index (κ3) is 1.33. The van der Waals surface area contributed by atoms with Crippen molar-refractivity contribution in [1.82, 2.24) is 5.48 Å². The molecule has 1 aliphatic heterocycles. The lowest BCUT2D eigenvalue weighted by Crippen LogP contribution is -2.14. The highest BCUT2D eigenvalue weighted by Gasteiger charge is 2.09. The number of hydrogen-bond acceptors (Lipinski definition) is 3. The van der Waals surface area contributed by atoms with Crippen molar-refractivity contribution in [2.24, 2.45) is 0 Å². The van der Waals surface area contributed by atoms with Gasteiger partial charge in [-0.05, 0) is 24.3 Å². The molecule has 1 heterocycles. The summed E-state index contributed by atoms with van der Waals surface area (Å²) in [5, 5.41) is 8.71. The van der Waals surface area contributed by atoms with Crippen LogP contribution in [0.25, 0.3) is 6.08 Å². The number of aromatic carboxylic acids is 1. The van der Waals surface area contributed by atoms with E-state index in [0.717, 1.165) is 5.56 Å². The lowest BCUT2D eigenvalue weighted by atomic mass is 10.1. The number of benzene rings is 1. The molecular weight excluding hydrogens is 170 g/mol. The van der Waals surface area contributed by atoms with Crippen molar-refractivity contribution >= 4 is 12.0 Å². The van der Waals surface area contributed by atoms with E-state index in [1.165, 1.54) is 6.07 Å². The number of rotatable bonds is 1. The zero-order chi connectivity index (χ0) is 9.26. The SMILES string of the molecule is O=C(O)c1ccc2c(c1)C=CNO2. The van der Waals surface area contributed by atoms with Crippen LogP contribution in [0.4, 0.5) is 0 Å². The molecule has 4 heteroatoms. The van der Waals surface area contributed by atoms with Crippen molar-refractivity contribution in [2.75, 3.05) is 0 Å². The van der Waals surface area contributed by atoms with Gasteiger partial charge in [0.25, 0.3) is 0 Å². The zero-order valence-electron chi connectivity index (χ0n) is 6.65. The van der Waals surface area contributed by atoms with Gasteiger partial charge >= 0.3 is 5.97 Å². The second-order valence-corrected chi connectivity index (χ2v) is 2.61. The maximum atomic E-state index is 10.6. The molecule has 0 bridgehead atoms. The number of hydroxylamine groups is 1. The largest absolute Gasteiger partial charge is 0.478 e. The first-order chi connectivity index (χ1) is 6.27. The fourth-order valence-electron chi connectivity index (χ4n) is 1.13. The summed E-state index contributed by atoms with van der Waals surface area (Å²) in [6.45, 7) is 0. The van der Waals surface area contributed by atoms with Crippen molar-refractivity contribution in [3.05, 3.63) is 35.5 Å². The van der Waals surface area contributed by atoms with Crippen LogP contribution in [0.2, 0.25) is 0 Å². The Labute approximate surface area is 74.4 Å². The van der Waals surface area contributed by atoms with Crippen LogP contribution in [-0.4, -0.2) is 11.1 Å². The summed E-state index contributed by atoms with van der Waals surface area (Å²) < 4.78 is 0. The first-order valence-corrected chi connectivity index (χ1v) is 3.73. The lowest BCUT2D eigenvalue weighted by Gasteiger charge is -2.12. The van der Waals surface area contributed by atoms with Gasteiger partial charge in [-0.15, -0.1) is 0 Å². The molecule has 13 heavy (non-hydrogen) atoms. The minimum Gasteiger partial charge on any atom is -0.478 e. The first-order valence-electron chi connectivity index (χ1n) is 3.73. The van der Waals surface area contributed by atoms with Gasteiger partial charge in [0.1, 0.15) is 0 Å². The highest BCUT2D eigenvalue weighted by molar-refractivity contribution is 5.89. The molecule has 1 aromatic carbocycles. The van der Waals surface area contributed by atoms with Crippen molar-refractivity contribution in [1.29, 1.82) is 0 Å². The molecule has 0 unspecified atom stereocenters. The number of nitrogens with one attached hydrogen (secondary N) is 1. The maximum absolute atomic E-state index is 10.6. The third-order valence-electron chi connectivity index (χ3n) is 1.76. The standard InChI is InChI=1S/C9H7NO3/c11-9(12)7-1-2-8-6(5-7)3-4-10-13-8/h1-5,10H,(H,11,12). The molecule has 0 fully saturated rings. The van der Waals surface area contributed by atoms with Gasteiger partial charge in [-0.2, -0.15) is 0 Å². The molecular formula is C9H7NO3. The summed E-state index contributed by atoms with van der Waals surface area (Å²) in [7, 11) is 0. The van der Waals surface area contributed by atoms with Crippen LogP contribution >= 0.6 is 0 Å². The minimum absolute atomic E-state index is 0.258. The topological polar surface area (TPSA) is 58.6 Å². The Hall–Kier alpha value is -1.97. The summed E-state index contributed by atoms with van der Waals surface area (Å²) in [4.78, 5) is 15.6. The molecule has 1 aromatic rings. The second kappa shape index (κ2) is 2.82. The predicted molar refractivity (Wildman–Crippen MR) is 46.2 cm³/mol. The third-order valence-corrected chi connectivity index (χ3v) is 1.76. The summed E-state index contributed by atoms with van der Waals surface area (Å²) in [5.74, 6) is -0.303. The van der Waals surface area contributed by atoms with Crippen molar-refractivity contribution in [3.8, 4) is 5.75 Å². The first kappa shape index (κ1) is 7.67. The van der Waals surface area contributed by atoms with Crippen molar-refractivity contribution in [3.63, 3.8) is 0 Å². The van der Waals surface area contributed by atoms with E-state index in [2.05, 4.69) is 5.48 Å². The Balaban J connectivity index is 2.48. The Morgan fingerprint density at radius 2 is 2.31 bits per heavy atom. The van der Waals surface area contributed by atoms with Crippen LogP contribution in [0, 0.1) is 0 Å². The van der Waals surface area contributed by atoms with Crippen LogP contribution in [0.15, 0.2) is 24.4 Å². The molecule has 1 aliphatic rings. The molecule has 0 radical (unpaired) electrons. The van der Waals surface area contributed by atoms with E-state index in [-0.39, 0.29) is 5.56 Å². The van der Waals surface area contributed by atoms with Crippen LogP contribution in [-0.2, 0) is 0 Å². The molecule has 0 saturated carbocycles. The molecule has 2 rings (SSSR count). The van der Waals surface area contributed by atoms with Gasteiger partial charge in [-0.3, -0.25) is 0 Å². The number of carbonyl (C=O) groups is 1. The summed E-state index contributed by atoms with van der Waals surface area (Å²) >= 11 is 0. The van der Waals surface area contributed by atoms with E-state index in [4.69, 9.17) is 9.94 Å². The molecule has 66 valence electrons. The molecule has 0 spiro atoms. The van der Waals surface area contributed by atoms with Crippen LogP contribution < -0.4 is 10.3 Å². The van der Waals surface area contributed by atoms with Crippen LogP contribution in [0.3, 0.4) is 0 Å². The van der Waals surface area contributed by atoms with Crippen LogP contribution in [0.5, 0.6) is 5.75 Å². The number of carboxylic acid groups (broad SMARTS) is 1. The predicted octanol–water partition coefficient (Wildman–Crippen LogP) is 1.25. The molecule has 0 aromatic heterocycles. The second-order valence-electron chi connectivity index (χ2n) is 2.61. The minimum atomic E-state index is -0.935. The van der Waals surface area contributed by atoms with E-state index in [9.17, 15) is 4.79 Å². The quantitative estimate of drug-likeness (QED) is 0.677. The zero-order valence-corrected chi connectivity index (χ0v) is 6.65. The van der Waals surface area contributed by atoms with Gasteiger partial charge in [0.15, 0.2) is 5.75 Å². The van der Waals surface area contributed by atoms with Crippen molar-refractivity contribution in [2.45, 2.75) is 0 Å². The van der Waals surface area contributed by atoms with E-state index < -0.39 is 5.97 Å². The summed E-state index contributed by atoms with van der Waals surface area (Å²) in [6, 6.07) is 4.69.